The zero-order chi connectivity index (χ0) is 8.81. The Morgan fingerprint density at radius 2 is 2.08 bits per heavy atom. The minimum Gasteiger partial charge on any atom is -0.294 e. The second-order valence-electron chi connectivity index (χ2n) is 3.84. The van der Waals surface area contributed by atoms with Gasteiger partial charge in [-0.3, -0.25) is 4.90 Å². The molecule has 1 aliphatic rings. The Balaban J connectivity index is 2.04. The van der Waals surface area contributed by atoms with Gasteiger partial charge in [0.2, 0.25) is 0 Å². The van der Waals surface area contributed by atoms with Crippen LogP contribution < -0.4 is 0 Å². The molecule has 1 fully saturated rings. The van der Waals surface area contributed by atoms with E-state index in [0.29, 0.717) is 6.54 Å². The van der Waals surface area contributed by atoms with Crippen LogP contribution in [0.15, 0.2) is 0 Å². The van der Waals surface area contributed by atoms with Crippen molar-refractivity contribution < 1.29 is 0 Å². The first-order chi connectivity index (χ1) is 5.83. The summed E-state index contributed by atoms with van der Waals surface area (Å²) >= 11 is 0. The highest BCUT2D eigenvalue weighted by molar-refractivity contribution is 4.75. The molecule has 12 heavy (non-hydrogen) atoms. The van der Waals surface area contributed by atoms with Crippen LogP contribution in [0.25, 0.3) is 0 Å². The molecule has 2 heteroatoms. The maximum Gasteiger partial charge on any atom is 0.0863 e. The van der Waals surface area contributed by atoms with Crippen LogP contribution in [-0.4, -0.2) is 25.0 Å². The van der Waals surface area contributed by atoms with Crippen molar-refractivity contribution in [2.75, 3.05) is 20.1 Å². The molecule has 68 valence electrons. The van der Waals surface area contributed by atoms with Crippen molar-refractivity contribution in [2.24, 2.45) is 5.92 Å². The smallest absolute Gasteiger partial charge is 0.0863 e. The van der Waals surface area contributed by atoms with Gasteiger partial charge in [-0.2, -0.15) is 5.26 Å². The number of nitriles is 1. The van der Waals surface area contributed by atoms with Gasteiger partial charge in [0.25, 0.3) is 0 Å². The van der Waals surface area contributed by atoms with Gasteiger partial charge in [0.15, 0.2) is 0 Å². The second-order valence-corrected chi connectivity index (χ2v) is 3.84. The van der Waals surface area contributed by atoms with Crippen molar-refractivity contribution in [2.45, 2.75) is 32.1 Å². The summed E-state index contributed by atoms with van der Waals surface area (Å²) in [6.07, 6.45) is 6.97. The predicted octanol–water partition coefficient (Wildman–Crippen LogP) is 2.02. The van der Waals surface area contributed by atoms with Gasteiger partial charge in [-0.25, -0.2) is 0 Å². The van der Waals surface area contributed by atoms with E-state index in [1.807, 2.05) is 7.05 Å². The molecule has 0 amide bonds. The van der Waals surface area contributed by atoms with Crippen LogP contribution in [0, 0.1) is 17.2 Å². The summed E-state index contributed by atoms with van der Waals surface area (Å²) in [7, 11) is 2.03. The summed E-state index contributed by atoms with van der Waals surface area (Å²) in [6.45, 7) is 1.67. The molecule has 0 spiro atoms. The van der Waals surface area contributed by atoms with Gasteiger partial charge in [0.1, 0.15) is 0 Å². The van der Waals surface area contributed by atoms with E-state index in [1.165, 1.54) is 32.1 Å². The van der Waals surface area contributed by atoms with Crippen LogP contribution in [-0.2, 0) is 0 Å². The van der Waals surface area contributed by atoms with Crippen molar-refractivity contribution >= 4 is 0 Å². The van der Waals surface area contributed by atoms with E-state index in [0.717, 1.165) is 12.5 Å². The zero-order valence-electron chi connectivity index (χ0n) is 7.92. The van der Waals surface area contributed by atoms with Crippen LogP contribution in [0.5, 0.6) is 0 Å². The second kappa shape index (κ2) is 5.16. The van der Waals surface area contributed by atoms with Crippen molar-refractivity contribution in [3.8, 4) is 6.07 Å². The molecule has 1 rings (SSSR count). The summed E-state index contributed by atoms with van der Waals surface area (Å²) in [6, 6.07) is 2.17. The van der Waals surface area contributed by atoms with Gasteiger partial charge in [0.05, 0.1) is 12.6 Å². The fourth-order valence-electron chi connectivity index (χ4n) is 1.90. The van der Waals surface area contributed by atoms with Gasteiger partial charge in [-0.15, -0.1) is 0 Å². The number of nitrogens with zero attached hydrogens (tertiary/aromatic N) is 2. The van der Waals surface area contributed by atoms with E-state index in [4.69, 9.17) is 5.26 Å². The molecule has 0 saturated heterocycles. The van der Waals surface area contributed by atoms with Crippen LogP contribution in [0.4, 0.5) is 0 Å². The molecule has 0 aliphatic heterocycles. The first-order valence-electron chi connectivity index (χ1n) is 4.88. The van der Waals surface area contributed by atoms with E-state index in [9.17, 15) is 0 Å². The third-order valence-electron chi connectivity index (χ3n) is 2.73. The fourth-order valence-corrected chi connectivity index (χ4v) is 1.90. The largest absolute Gasteiger partial charge is 0.294 e. The molecule has 0 aromatic heterocycles. The molecular weight excluding hydrogens is 148 g/mol. The molecule has 0 bridgehead atoms. The number of rotatable bonds is 4. The number of hydrogen-bond donors (Lipinski definition) is 0. The molecule has 0 aromatic carbocycles. The monoisotopic (exact) mass is 166 g/mol. The standard InChI is InChI=1S/C10H18N2/c1-12(9-7-11)8-6-10-4-2-3-5-10/h10H,2-6,8-9H2,1H3. The Labute approximate surface area is 75.2 Å². The summed E-state index contributed by atoms with van der Waals surface area (Å²) in [5, 5.41) is 8.44. The quantitative estimate of drug-likeness (QED) is 0.597. The Hall–Kier alpha value is -0.550. The Kier molecular flexibility index (Phi) is 4.10. The Morgan fingerprint density at radius 1 is 1.42 bits per heavy atom. The van der Waals surface area contributed by atoms with Crippen LogP contribution in [0.3, 0.4) is 0 Å². The lowest BCUT2D eigenvalue weighted by molar-refractivity contribution is 0.329. The topological polar surface area (TPSA) is 27.0 Å². The predicted molar refractivity (Wildman–Crippen MR) is 49.7 cm³/mol. The van der Waals surface area contributed by atoms with Crippen molar-refractivity contribution in [3.05, 3.63) is 0 Å². The lowest BCUT2D eigenvalue weighted by atomic mass is 10.0. The molecule has 0 N–H and O–H groups in total. The van der Waals surface area contributed by atoms with Crippen molar-refractivity contribution in [3.63, 3.8) is 0 Å². The average Bonchev–Trinajstić information content (AvgIpc) is 2.53. The van der Waals surface area contributed by atoms with Crippen LogP contribution >= 0.6 is 0 Å². The molecule has 0 radical (unpaired) electrons. The summed E-state index contributed by atoms with van der Waals surface area (Å²) < 4.78 is 0. The summed E-state index contributed by atoms with van der Waals surface area (Å²) in [4.78, 5) is 2.11. The first-order valence-corrected chi connectivity index (χ1v) is 4.88. The third kappa shape index (κ3) is 3.23. The molecule has 1 aliphatic carbocycles. The van der Waals surface area contributed by atoms with Gasteiger partial charge in [-0.05, 0) is 25.9 Å². The lowest BCUT2D eigenvalue weighted by Gasteiger charge is -2.15. The SMILES string of the molecule is CN(CC#N)CCC1CCCC1. The zero-order valence-corrected chi connectivity index (χ0v) is 7.92. The minimum atomic E-state index is 0.576. The maximum atomic E-state index is 8.44. The Morgan fingerprint density at radius 3 is 2.67 bits per heavy atom. The number of hydrogen-bond acceptors (Lipinski definition) is 2. The van der Waals surface area contributed by atoms with Gasteiger partial charge >= 0.3 is 0 Å². The van der Waals surface area contributed by atoms with Gasteiger partial charge < -0.3 is 0 Å². The molecule has 0 unspecified atom stereocenters. The Bertz CT molecular complexity index is 154. The van der Waals surface area contributed by atoms with Crippen LogP contribution in [0.2, 0.25) is 0 Å². The molecule has 1 saturated carbocycles. The molecule has 0 heterocycles. The highest BCUT2D eigenvalue weighted by Crippen LogP contribution is 2.27. The normalized spacial score (nSPS) is 18.4. The van der Waals surface area contributed by atoms with E-state index in [1.54, 1.807) is 0 Å². The highest BCUT2D eigenvalue weighted by atomic mass is 15.1. The third-order valence-corrected chi connectivity index (χ3v) is 2.73. The van der Waals surface area contributed by atoms with E-state index in [2.05, 4.69) is 11.0 Å². The van der Waals surface area contributed by atoms with Crippen LogP contribution in [0.1, 0.15) is 32.1 Å². The molecule has 2 nitrogen and oxygen atoms in total. The van der Waals surface area contributed by atoms with E-state index < -0.39 is 0 Å². The summed E-state index contributed by atoms with van der Waals surface area (Å²) in [5.41, 5.74) is 0. The van der Waals surface area contributed by atoms with Crippen molar-refractivity contribution in [1.29, 1.82) is 5.26 Å². The minimum absolute atomic E-state index is 0.576. The molecule has 0 atom stereocenters. The van der Waals surface area contributed by atoms with E-state index >= 15 is 0 Å². The van der Waals surface area contributed by atoms with Gasteiger partial charge in [-0.1, -0.05) is 25.7 Å². The van der Waals surface area contributed by atoms with Gasteiger partial charge in [0, 0.05) is 0 Å². The van der Waals surface area contributed by atoms with E-state index in [-0.39, 0.29) is 0 Å². The molecular formula is C10H18N2. The van der Waals surface area contributed by atoms with Crippen molar-refractivity contribution in [1.82, 2.24) is 4.90 Å². The first kappa shape index (κ1) is 9.54. The fraction of sp³-hybridized carbons (Fsp3) is 0.900. The molecule has 0 aromatic rings. The summed E-state index contributed by atoms with van der Waals surface area (Å²) in [5.74, 6) is 0.950. The average molecular weight is 166 g/mol. The lowest BCUT2D eigenvalue weighted by Crippen LogP contribution is -2.21. The highest BCUT2D eigenvalue weighted by Gasteiger charge is 2.14. The maximum absolute atomic E-state index is 8.44.